The van der Waals surface area contributed by atoms with E-state index < -0.39 is 32.5 Å². The third-order valence-corrected chi connectivity index (χ3v) is 12.8. The first kappa shape index (κ1) is 52.0. The zero-order valence-electron chi connectivity index (χ0n) is 35.6. The molecule has 0 aliphatic carbocycles. The first-order chi connectivity index (χ1) is 28.1. The molecule has 0 spiro atoms. The van der Waals surface area contributed by atoms with Gasteiger partial charge in [0, 0.05) is 36.8 Å². The Balaban J connectivity index is 1.40. The number of ether oxygens (including phenoxy) is 2. The van der Waals surface area contributed by atoms with Crippen LogP contribution in [0.5, 0.6) is 0 Å². The molecule has 4 atom stereocenters. The molecule has 3 amide bonds. The summed E-state index contributed by atoms with van der Waals surface area (Å²) >= 11 is 1.91. The highest BCUT2D eigenvalue weighted by Crippen LogP contribution is 2.36. The van der Waals surface area contributed by atoms with Crippen molar-refractivity contribution < 1.29 is 47.5 Å². The van der Waals surface area contributed by atoms with Crippen LogP contribution < -0.4 is 16.0 Å². The van der Waals surface area contributed by atoms with Crippen molar-refractivity contribution in [1.29, 1.82) is 0 Å². The van der Waals surface area contributed by atoms with Gasteiger partial charge >= 0.3 is 25.8 Å². The predicted molar refractivity (Wildman–Crippen MR) is 231 cm³/mol. The van der Waals surface area contributed by atoms with Gasteiger partial charge in [-0.3, -0.25) is 18.9 Å². The topological polar surface area (TPSA) is 190 Å². The Labute approximate surface area is 353 Å². The fourth-order valence-electron chi connectivity index (χ4n) is 7.36. The maximum Gasteiger partial charge on any atom is 0.469 e. The van der Waals surface area contributed by atoms with Crippen molar-refractivity contribution >= 4 is 43.5 Å². The molecule has 5 N–H and O–H groups in total. The van der Waals surface area contributed by atoms with E-state index in [1.807, 2.05) is 11.8 Å². The van der Waals surface area contributed by atoms with Gasteiger partial charge in [0.15, 0.2) is 6.10 Å². The number of phosphoric ester groups is 1. The van der Waals surface area contributed by atoms with Gasteiger partial charge in [-0.25, -0.2) is 9.36 Å². The standard InChI is InChI=1S/C43H78N3O10PS/c1-2-3-4-5-6-7-8-9-10-11-12-14-17-20-23-30-40(48)54-33-36(34-55-57(51,52)53)56-41(49)31-24-21-18-15-13-16-19-22-27-32-44-39(47)29-26-25-28-38-42-37(35-58-38)45-43(50)46-42/h9-10,36-38,42H,2-8,11-35H2,1H3,(H,44,47)(H2,45,46,50)(H2,51,52,53)/b10-9-/t36-,37+,38+,42+/m1/s1. The number of allylic oxidation sites excluding steroid dienone is 2. The number of carbonyl (C=O) groups is 4. The van der Waals surface area contributed by atoms with Gasteiger partial charge in [0.1, 0.15) is 6.61 Å². The minimum atomic E-state index is -4.78. The SMILES string of the molecule is CCCCCCCC/C=C\CCCCCCCC(=O)OC[C@H](COP(=O)(O)O)OC(=O)CCCCCCCCCCCNC(=O)CCCC[C@@H]1SC[C@@H]2NC(=O)N[C@@H]21. The van der Waals surface area contributed by atoms with Crippen molar-refractivity contribution in [3.8, 4) is 0 Å². The van der Waals surface area contributed by atoms with Crippen molar-refractivity contribution in [2.45, 2.75) is 210 Å². The zero-order chi connectivity index (χ0) is 42.1. The number of esters is 2. The molecule has 0 aromatic carbocycles. The van der Waals surface area contributed by atoms with E-state index in [1.165, 1.54) is 44.9 Å². The molecule has 2 fully saturated rings. The summed E-state index contributed by atoms with van der Waals surface area (Å²) in [6.45, 7) is 2.07. The Morgan fingerprint density at radius 3 is 1.91 bits per heavy atom. The molecule has 2 rings (SSSR count). The second-order valence-corrected chi connectivity index (χ2v) is 18.6. The van der Waals surface area contributed by atoms with E-state index in [2.05, 4.69) is 39.5 Å². The van der Waals surface area contributed by atoms with Gasteiger partial charge in [-0.1, -0.05) is 122 Å². The van der Waals surface area contributed by atoms with Crippen LogP contribution in [0.2, 0.25) is 0 Å². The molecular weight excluding hydrogens is 782 g/mol. The lowest BCUT2D eigenvalue weighted by molar-refractivity contribution is -0.161. The Morgan fingerprint density at radius 2 is 1.29 bits per heavy atom. The molecule has 0 bridgehead atoms. The number of hydrogen-bond donors (Lipinski definition) is 5. The Bertz CT molecular complexity index is 1200. The van der Waals surface area contributed by atoms with Gasteiger partial charge in [0.2, 0.25) is 5.91 Å². The quantitative estimate of drug-likeness (QED) is 0.0131. The number of unbranched alkanes of at least 4 members (excludes halogenated alkanes) is 20. The Morgan fingerprint density at radius 1 is 0.741 bits per heavy atom. The summed E-state index contributed by atoms with van der Waals surface area (Å²) in [4.78, 5) is 66.7. The molecule has 2 heterocycles. The number of urea groups is 1. The number of phosphoric acid groups is 1. The maximum atomic E-state index is 12.5. The van der Waals surface area contributed by atoms with Crippen molar-refractivity contribution in [3.05, 3.63) is 12.2 Å². The van der Waals surface area contributed by atoms with Crippen LogP contribution in [0.4, 0.5) is 4.79 Å². The van der Waals surface area contributed by atoms with Crippen molar-refractivity contribution in [3.63, 3.8) is 0 Å². The van der Waals surface area contributed by atoms with Crippen LogP contribution in [0, 0.1) is 0 Å². The number of amides is 3. The molecular formula is C43H78N3O10PS. The average Bonchev–Trinajstić information content (AvgIpc) is 3.74. The summed E-state index contributed by atoms with van der Waals surface area (Å²) in [7, 11) is -4.78. The molecule has 2 aliphatic rings. The first-order valence-corrected chi connectivity index (χ1v) is 25.3. The van der Waals surface area contributed by atoms with Crippen LogP contribution >= 0.6 is 19.6 Å². The predicted octanol–water partition coefficient (Wildman–Crippen LogP) is 9.33. The molecule has 0 radical (unpaired) electrons. The second kappa shape index (κ2) is 33.6. The van der Waals surface area contributed by atoms with Gasteiger partial charge in [-0.15, -0.1) is 0 Å². The third kappa shape index (κ3) is 28.4. The molecule has 0 aromatic heterocycles. The van der Waals surface area contributed by atoms with E-state index in [0.29, 0.717) is 31.1 Å². The lowest BCUT2D eigenvalue weighted by Crippen LogP contribution is -2.36. The summed E-state index contributed by atoms with van der Waals surface area (Å²) in [6, 6.07) is 0.404. The monoisotopic (exact) mass is 860 g/mol. The second-order valence-electron chi connectivity index (χ2n) is 16.1. The van der Waals surface area contributed by atoms with Crippen LogP contribution in [0.3, 0.4) is 0 Å². The molecule has 2 aliphatic heterocycles. The van der Waals surface area contributed by atoms with Crippen molar-refractivity contribution in [1.82, 2.24) is 16.0 Å². The number of thioether (sulfide) groups is 1. The van der Waals surface area contributed by atoms with Gasteiger partial charge in [-0.05, 0) is 57.8 Å². The molecule has 2 saturated heterocycles. The molecule has 15 heteroatoms. The van der Waals surface area contributed by atoms with Crippen molar-refractivity contribution in [2.24, 2.45) is 0 Å². The van der Waals surface area contributed by atoms with Crippen LogP contribution in [0.1, 0.15) is 187 Å². The Hall–Kier alpha value is -2.12. The fourth-order valence-corrected chi connectivity index (χ4v) is 9.27. The normalized spacial score (nSPS) is 18.2. The number of nitrogens with one attached hydrogen (secondary N) is 3. The number of rotatable bonds is 38. The highest BCUT2D eigenvalue weighted by atomic mass is 32.2. The number of fused-ring (bicyclic) bond motifs is 1. The van der Waals surface area contributed by atoms with Crippen LogP contribution in [0.15, 0.2) is 12.2 Å². The van der Waals surface area contributed by atoms with Gasteiger partial charge in [-0.2, -0.15) is 11.8 Å². The van der Waals surface area contributed by atoms with E-state index in [-0.39, 0.29) is 43.5 Å². The lowest BCUT2D eigenvalue weighted by atomic mass is 10.0. The largest absolute Gasteiger partial charge is 0.469 e. The third-order valence-electron chi connectivity index (χ3n) is 10.8. The van der Waals surface area contributed by atoms with Crippen LogP contribution in [-0.4, -0.2) is 82.6 Å². The van der Waals surface area contributed by atoms with E-state index in [0.717, 1.165) is 108 Å². The summed E-state index contributed by atoms with van der Waals surface area (Å²) in [5, 5.41) is 9.45. The summed E-state index contributed by atoms with van der Waals surface area (Å²) in [5.41, 5.74) is 0. The first-order valence-electron chi connectivity index (χ1n) is 22.7. The van der Waals surface area contributed by atoms with Crippen LogP contribution in [-0.2, 0) is 32.9 Å². The van der Waals surface area contributed by atoms with E-state index in [9.17, 15) is 23.7 Å². The molecule has 336 valence electrons. The van der Waals surface area contributed by atoms with Gasteiger partial charge in [0.05, 0.1) is 18.7 Å². The highest BCUT2D eigenvalue weighted by Gasteiger charge is 2.42. The average molecular weight is 860 g/mol. The minimum Gasteiger partial charge on any atom is -0.462 e. The summed E-state index contributed by atoms with van der Waals surface area (Å²) < 4.78 is 26.4. The Kier molecular flexibility index (Phi) is 30.1. The lowest BCUT2D eigenvalue weighted by Gasteiger charge is -2.18. The van der Waals surface area contributed by atoms with Crippen LogP contribution in [0.25, 0.3) is 0 Å². The van der Waals surface area contributed by atoms with E-state index in [4.69, 9.17) is 19.3 Å². The van der Waals surface area contributed by atoms with Crippen molar-refractivity contribution in [2.75, 3.05) is 25.5 Å². The molecule has 13 nitrogen and oxygen atoms in total. The smallest absolute Gasteiger partial charge is 0.462 e. The maximum absolute atomic E-state index is 12.5. The number of carbonyl (C=O) groups excluding carboxylic acids is 4. The minimum absolute atomic E-state index is 0.0610. The molecule has 0 unspecified atom stereocenters. The van der Waals surface area contributed by atoms with E-state index >= 15 is 0 Å². The van der Waals surface area contributed by atoms with E-state index in [1.54, 1.807) is 0 Å². The zero-order valence-corrected chi connectivity index (χ0v) is 37.3. The molecule has 58 heavy (non-hydrogen) atoms. The summed E-state index contributed by atoms with van der Waals surface area (Å²) in [6.07, 6.45) is 31.4. The van der Waals surface area contributed by atoms with Gasteiger partial charge in [0.25, 0.3) is 0 Å². The molecule has 0 aromatic rings. The summed E-state index contributed by atoms with van der Waals surface area (Å²) in [5.74, 6) is 0.126. The molecule has 0 saturated carbocycles. The van der Waals surface area contributed by atoms with Gasteiger partial charge < -0.3 is 35.2 Å². The number of hydrogen-bond acceptors (Lipinski definition) is 9. The fraction of sp³-hybridized carbons (Fsp3) is 0.860. The highest BCUT2D eigenvalue weighted by molar-refractivity contribution is 8.00.